The lowest BCUT2D eigenvalue weighted by Gasteiger charge is -1.89. The van der Waals surface area contributed by atoms with E-state index in [2.05, 4.69) is 21.1 Å². The Morgan fingerprint density at radius 2 is 2.33 bits per heavy atom. The Balaban J connectivity index is 2.73. The second-order valence-corrected chi connectivity index (χ2v) is 3.34. The molecule has 0 atom stereocenters. The summed E-state index contributed by atoms with van der Waals surface area (Å²) in [4.78, 5) is 0. The number of aliphatic hydroxyl groups excluding tert-OH is 1. The summed E-state index contributed by atoms with van der Waals surface area (Å²) in [6.07, 6.45) is 0. The minimum Gasteiger partial charge on any atom is -0.390 e. The topological polar surface area (TPSA) is 46.3 Å². The fourth-order valence-electron chi connectivity index (χ4n) is 1.08. The van der Waals surface area contributed by atoms with Gasteiger partial charge in [-0.05, 0) is 18.2 Å². The maximum Gasteiger partial charge on any atom is 0.168 e. The number of halogens is 1. The number of aliphatic hydroxyl groups is 1. The fourth-order valence-corrected chi connectivity index (χ4v) is 1.42. The van der Waals surface area contributed by atoms with Crippen LogP contribution < -0.4 is 0 Å². The van der Waals surface area contributed by atoms with Crippen LogP contribution in [0.15, 0.2) is 27.2 Å². The highest BCUT2D eigenvalue weighted by atomic mass is 79.9. The number of benzene rings is 1. The summed E-state index contributed by atoms with van der Waals surface area (Å²) < 4.78 is 5.92. The zero-order chi connectivity index (χ0) is 8.55. The van der Waals surface area contributed by atoms with E-state index in [0.717, 1.165) is 9.86 Å². The van der Waals surface area contributed by atoms with Crippen molar-refractivity contribution in [3.8, 4) is 0 Å². The van der Waals surface area contributed by atoms with Gasteiger partial charge in [0.1, 0.15) is 5.69 Å². The van der Waals surface area contributed by atoms with Gasteiger partial charge in [0, 0.05) is 9.86 Å². The minimum atomic E-state index is -0.0887. The number of fused-ring (bicyclic) bond motifs is 1. The molecule has 1 aromatic heterocycles. The third kappa shape index (κ3) is 1.13. The molecule has 0 aliphatic heterocycles. The van der Waals surface area contributed by atoms with Gasteiger partial charge in [0.25, 0.3) is 0 Å². The van der Waals surface area contributed by atoms with Crippen molar-refractivity contribution in [1.82, 2.24) is 5.16 Å². The Hall–Kier alpha value is -0.870. The third-order valence-corrected chi connectivity index (χ3v) is 2.15. The normalized spacial score (nSPS) is 10.8. The molecule has 1 aromatic carbocycles. The lowest BCUT2D eigenvalue weighted by atomic mass is 10.2. The molecule has 0 fully saturated rings. The molecule has 0 aliphatic rings. The van der Waals surface area contributed by atoms with E-state index < -0.39 is 0 Å². The van der Waals surface area contributed by atoms with Gasteiger partial charge in [-0.3, -0.25) is 0 Å². The van der Waals surface area contributed by atoms with Crippen molar-refractivity contribution < 1.29 is 9.63 Å². The van der Waals surface area contributed by atoms with E-state index >= 15 is 0 Å². The van der Waals surface area contributed by atoms with Crippen LogP contribution in [0.5, 0.6) is 0 Å². The summed E-state index contributed by atoms with van der Waals surface area (Å²) in [6.45, 7) is -0.0887. The summed E-state index contributed by atoms with van der Waals surface area (Å²) in [5.74, 6) is 0. The quantitative estimate of drug-likeness (QED) is 0.812. The molecule has 2 rings (SSSR count). The molecule has 1 heterocycles. The molecule has 0 radical (unpaired) electrons. The van der Waals surface area contributed by atoms with Gasteiger partial charge >= 0.3 is 0 Å². The van der Waals surface area contributed by atoms with Crippen LogP contribution in [0.4, 0.5) is 0 Å². The molecule has 0 saturated carbocycles. The molecule has 0 spiro atoms. The Morgan fingerprint density at radius 3 is 3.08 bits per heavy atom. The Morgan fingerprint density at radius 1 is 1.50 bits per heavy atom. The Bertz CT molecular complexity index is 410. The van der Waals surface area contributed by atoms with E-state index in [-0.39, 0.29) is 6.61 Å². The zero-order valence-electron chi connectivity index (χ0n) is 6.12. The van der Waals surface area contributed by atoms with Crippen LogP contribution >= 0.6 is 15.9 Å². The van der Waals surface area contributed by atoms with Gasteiger partial charge in [0.15, 0.2) is 5.58 Å². The molecule has 12 heavy (non-hydrogen) atoms. The van der Waals surface area contributed by atoms with Gasteiger partial charge < -0.3 is 9.63 Å². The van der Waals surface area contributed by atoms with Gasteiger partial charge in [0.2, 0.25) is 0 Å². The van der Waals surface area contributed by atoms with Crippen LogP contribution in [0.2, 0.25) is 0 Å². The van der Waals surface area contributed by atoms with Crippen molar-refractivity contribution >= 4 is 26.9 Å². The van der Waals surface area contributed by atoms with Gasteiger partial charge in [-0.2, -0.15) is 0 Å². The number of hydrogen-bond donors (Lipinski definition) is 1. The van der Waals surface area contributed by atoms with Gasteiger partial charge in [-0.25, -0.2) is 0 Å². The van der Waals surface area contributed by atoms with Gasteiger partial charge in [-0.15, -0.1) is 0 Å². The van der Waals surface area contributed by atoms with Gasteiger partial charge in [-0.1, -0.05) is 21.1 Å². The lowest BCUT2D eigenvalue weighted by molar-refractivity contribution is 0.269. The Labute approximate surface area is 77.1 Å². The summed E-state index contributed by atoms with van der Waals surface area (Å²) in [5.41, 5.74) is 1.27. The highest BCUT2D eigenvalue weighted by molar-refractivity contribution is 9.10. The average Bonchev–Trinajstić information content (AvgIpc) is 2.46. The van der Waals surface area contributed by atoms with Crippen LogP contribution in [0.25, 0.3) is 11.0 Å². The van der Waals surface area contributed by atoms with Crippen molar-refractivity contribution in [3.63, 3.8) is 0 Å². The first kappa shape index (κ1) is 7.76. The summed E-state index contributed by atoms with van der Waals surface area (Å²) in [6, 6.07) is 5.57. The van der Waals surface area contributed by atoms with Crippen molar-refractivity contribution in [2.45, 2.75) is 6.61 Å². The highest BCUT2D eigenvalue weighted by Crippen LogP contribution is 2.22. The zero-order valence-corrected chi connectivity index (χ0v) is 7.71. The van der Waals surface area contributed by atoms with Crippen LogP contribution in [-0.2, 0) is 6.61 Å². The van der Waals surface area contributed by atoms with E-state index in [1.807, 2.05) is 18.2 Å². The number of hydrogen-bond acceptors (Lipinski definition) is 3. The number of nitrogens with zero attached hydrogens (tertiary/aromatic N) is 1. The Kier molecular flexibility index (Phi) is 1.86. The maximum absolute atomic E-state index is 8.86. The first-order valence-corrected chi connectivity index (χ1v) is 4.25. The van der Waals surface area contributed by atoms with Crippen molar-refractivity contribution in [3.05, 3.63) is 28.4 Å². The SMILES string of the molecule is OCc1noc2cc(Br)ccc12. The third-order valence-electron chi connectivity index (χ3n) is 1.66. The molecule has 0 amide bonds. The van der Waals surface area contributed by atoms with Crippen molar-refractivity contribution in [2.24, 2.45) is 0 Å². The van der Waals surface area contributed by atoms with E-state index in [1.165, 1.54) is 0 Å². The molecule has 0 bridgehead atoms. The molecule has 1 N–H and O–H groups in total. The molecule has 3 nitrogen and oxygen atoms in total. The first-order valence-electron chi connectivity index (χ1n) is 3.46. The largest absolute Gasteiger partial charge is 0.390 e. The lowest BCUT2D eigenvalue weighted by Crippen LogP contribution is -1.81. The summed E-state index contributed by atoms with van der Waals surface area (Å²) >= 11 is 3.31. The minimum absolute atomic E-state index is 0.0887. The molecule has 0 unspecified atom stereocenters. The molecule has 2 aromatic rings. The monoisotopic (exact) mass is 227 g/mol. The predicted molar refractivity (Wildman–Crippen MR) is 47.6 cm³/mol. The molecule has 62 valence electrons. The average molecular weight is 228 g/mol. The van der Waals surface area contributed by atoms with Crippen molar-refractivity contribution in [2.75, 3.05) is 0 Å². The number of rotatable bonds is 1. The smallest absolute Gasteiger partial charge is 0.168 e. The number of aromatic nitrogens is 1. The maximum atomic E-state index is 8.86. The van der Waals surface area contributed by atoms with E-state index in [4.69, 9.17) is 9.63 Å². The molecule has 0 aliphatic carbocycles. The van der Waals surface area contributed by atoms with Crippen LogP contribution in [0.1, 0.15) is 5.69 Å². The van der Waals surface area contributed by atoms with Crippen LogP contribution in [0, 0.1) is 0 Å². The standard InChI is InChI=1S/C8H6BrNO2/c9-5-1-2-6-7(4-11)10-12-8(6)3-5/h1-3,11H,4H2. The molecule has 4 heteroatoms. The molecular formula is C8H6BrNO2. The molecule has 0 saturated heterocycles. The predicted octanol–water partition coefficient (Wildman–Crippen LogP) is 2.08. The molecular weight excluding hydrogens is 222 g/mol. The second-order valence-electron chi connectivity index (χ2n) is 2.43. The first-order chi connectivity index (χ1) is 5.81. The second kappa shape index (κ2) is 2.88. The van der Waals surface area contributed by atoms with Gasteiger partial charge in [0.05, 0.1) is 6.61 Å². The van der Waals surface area contributed by atoms with E-state index in [9.17, 15) is 0 Å². The van der Waals surface area contributed by atoms with E-state index in [0.29, 0.717) is 11.3 Å². The van der Waals surface area contributed by atoms with Crippen molar-refractivity contribution in [1.29, 1.82) is 0 Å². The fraction of sp³-hybridized carbons (Fsp3) is 0.125. The van der Waals surface area contributed by atoms with Crippen LogP contribution in [0.3, 0.4) is 0 Å². The van der Waals surface area contributed by atoms with Crippen LogP contribution in [-0.4, -0.2) is 10.3 Å². The summed E-state index contributed by atoms with van der Waals surface area (Å²) in [5, 5.41) is 13.4. The summed E-state index contributed by atoms with van der Waals surface area (Å²) in [7, 11) is 0. The van der Waals surface area contributed by atoms with E-state index in [1.54, 1.807) is 0 Å². The highest BCUT2D eigenvalue weighted by Gasteiger charge is 2.05.